The Hall–Kier alpha value is -0.160. The summed E-state index contributed by atoms with van der Waals surface area (Å²) in [6, 6.07) is 0. The summed E-state index contributed by atoms with van der Waals surface area (Å²) in [5, 5.41) is 3.27. The van der Waals surface area contributed by atoms with Crippen LogP contribution in [0.4, 0.5) is 0 Å². The van der Waals surface area contributed by atoms with Gasteiger partial charge in [-0.25, -0.2) is 0 Å². The summed E-state index contributed by atoms with van der Waals surface area (Å²) >= 11 is 0. The van der Waals surface area contributed by atoms with Gasteiger partial charge in [-0.15, -0.1) is 0 Å². The quantitative estimate of drug-likeness (QED) is 0.754. The molecule has 2 heterocycles. The summed E-state index contributed by atoms with van der Waals surface area (Å²) in [5.74, 6) is 0.882. The Morgan fingerprint density at radius 3 is 2.56 bits per heavy atom. The number of rotatable bonds is 6. The van der Waals surface area contributed by atoms with Crippen molar-refractivity contribution in [3.63, 3.8) is 0 Å². The largest absolute Gasteiger partial charge is 0.371 e. The van der Waals surface area contributed by atoms with Crippen molar-refractivity contribution < 1.29 is 4.74 Å². The number of likely N-dealkylation sites (N-methyl/N-ethyl adjacent to an activating group) is 1. The third kappa shape index (κ3) is 4.19. The summed E-state index contributed by atoms with van der Waals surface area (Å²) in [6.45, 7) is 9.88. The third-order valence-electron chi connectivity index (χ3n) is 4.33. The van der Waals surface area contributed by atoms with Gasteiger partial charge >= 0.3 is 0 Å². The fraction of sp³-hybridized carbons (Fsp3) is 1.00. The summed E-state index contributed by atoms with van der Waals surface area (Å²) in [5.41, 5.74) is 0.106. The van der Waals surface area contributed by atoms with E-state index >= 15 is 0 Å². The first kappa shape index (κ1) is 14.3. The second-order valence-electron chi connectivity index (χ2n) is 6.41. The summed E-state index contributed by atoms with van der Waals surface area (Å²) < 4.78 is 5.93. The van der Waals surface area contributed by atoms with E-state index in [1.165, 1.54) is 32.5 Å². The van der Waals surface area contributed by atoms with E-state index in [4.69, 9.17) is 4.74 Å². The van der Waals surface area contributed by atoms with Gasteiger partial charge in [0.05, 0.1) is 12.2 Å². The molecule has 0 aromatic carbocycles. The Bertz CT molecular complexity index is 247. The van der Waals surface area contributed by atoms with Crippen LogP contribution in [0.3, 0.4) is 0 Å². The Kier molecular flexibility index (Phi) is 5.01. The molecule has 2 aliphatic rings. The summed E-state index contributed by atoms with van der Waals surface area (Å²) in [7, 11) is 4.45. The molecule has 0 aromatic heterocycles. The van der Waals surface area contributed by atoms with Crippen molar-refractivity contribution in [1.29, 1.82) is 0 Å². The van der Waals surface area contributed by atoms with E-state index in [9.17, 15) is 0 Å². The van der Waals surface area contributed by atoms with Crippen LogP contribution in [0.15, 0.2) is 0 Å². The number of piperidine rings is 1. The van der Waals surface area contributed by atoms with Crippen LogP contribution >= 0.6 is 0 Å². The van der Waals surface area contributed by atoms with E-state index in [1.54, 1.807) is 0 Å². The number of ether oxygens (including phenoxy) is 1. The maximum Gasteiger partial charge on any atom is 0.0902 e. The monoisotopic (exact) mass is 255 g/mol. The smallest absolute Gasteiger partial charge is 0.0902 e. The molecule has 4 heteroatoms. The van der Waals surface area contributed by atoms with Crippen LogP contribution in [0.25, 0.3) is 0 Å². The molecule has 0 spiro atoms. The predicted molar refractivity (Wildman–Crippen MR) is 74.9 cm³/mol. The molecule has 4 nitrogen and oxygen atoms in total. The number of likely N-dealkylation sites (tertiary alicyclic amines) is 1. The van der Waals surface area contributed by atoms with E-state index < -0.39 is 0 Å². The van der Waals surface area contributed by atoms with Gasteiger partial charge in [0.2, 0.25) is 0 Å². The van der Waals surface area contributed by atoms with Gasteiger partial charge < -0.3 is 19.9 Å². The molecule has 0 saturated carbocycles. The molecule has 106 valence electrons. The number of nitrogens with zero attached hydrogens (tertiary/aromatic N) is 2. The minimum Gasteiger partial charge on any atom is -0.371 e. The van der Waals surface area contributed by atoms with Gasteiger partial charge in [0, 0.05) is 26.2 Å². The van der Waals surface area contributed by atoms with Crippen LogP contribution < -0.4 is 5.32 Å². The molecule has 0 bridgehead atoms. The zero-order chi connectivity index (χ0) is 13.0. The molecule has 0 unspecified atom stereocenters. The highest BCUT2D eigenvalue weighted by Crippen LogP contribution is 2.17. The predicted octanol–water partition coefficient (Wildman–Crippen LogP) is 0.639. The molecule has 0 amide bonds. The van der Waals surface area contributed by atoms with Gasteiger partial charge in [-0.05, 0) is 52.9 Å². The molecule has 2 rings (SSSR count). The zero-order valence-corrected chi connectivity index (χ0v) is 12.2. The zero-order valence-electron chi connectivity index (χ0n) is 12.2. The van der Waals surface area contributed by atoms with Crippen LogP contribution in [-0.2, 0) is 4.74 Å². The van der Waals surface area contributed by atoms with Crippen LogP contribution in [0.2, 0.25) is 0 Å². The maximum absolute atomic E-state index is 5.93. The topological polar surface area (TPSA) is 27.7 Å². The molecule has 0 aromatic rings. The van der Waals surface area contributed by atoms with E-state index in [2.05, 4.69) is 36.1 Å². The van der Waals surface area contributed by atoms with Gasteiger partial charge in [0.25, 0.3) is 0 Å². The van der Waals surface area contributed by atoms with Crippen molar-refractivity contribution in [3.05, 3.63) is 0 Å². The Balaban J connectivity index is 1.55. The molecule has 1 N–H and O–H groups in total. The summed E-state index contributed by atoms with van der Waals surface area (Å²) in [6.07, 6.45) is 2.70. The van der Waals surface area contributed by atoms with E-state index in [-0.39, 0.29) is 5.60 Å². The second kappa shape index (κ2) is 6.33. The molecular formula is C14H29N3O. The van der Waals surface area contributed by atoms with Gasteiger partial charge in [0.15, 0.2) is 0 Å². The van der Waals surface area contributed by atoms with Crippen molar-refractivity contribution in [2.75, 3.05) is 60.0 Å². The number of hydrogen-bond acceptors (Lipinski definition) is 4. The fourth-order valence-corrected chi connectivity index (χ4v) is 2.80. The molecule has 18 heavy (non-hydrogen) atoms. The Morgan fingerprint density at radius 1 is 1.33 bits per heavy atom. The minimum absolute atomic E-state index is 0.106. The standard InChI is InChI=1S/C14H29N3O/c1-14(11-15-12-14)18-9-8-17(3)10-13-4-6-16(2)7-5-13/h13,15H,4-12H2,1-3H3. The van der Waals surface area contributed by atoms with Crippen molar-refractivity contribution in [1.82, 2.24) is 15.1 Å². The van der Waals surface area contributed by atoms with Gasteiger partial charge in [-0.2, -0.15) is 0 Å². The van der Waals surface area contributed by atoms with Gasteiger partial charge in [0.1, 0.15) is 0 Å². The highest BCUT2D eigenvalue weighted by Gasteiger charge is 2.32. The van der Waals surface area contributed by atoms with Crippen LogP contribution in [0.1, 0.15) is 19.8 Å². The van der Waals surface area contributed by atoms with E-state index in [0.717, 1.165) is 32.2 Å². The van der Waals surface area contributed by atoms with E-state index in [0.29, 0.717) is 0 Å². The molecule has 2 aliphatic heterocycles. The fourth-order valence-electron chi connectivity index (χ4n) is 2.80. The molecule has 0 aliphatic carbocycles. The van der Waals surface area contributed by atoms with Gasteiger partial charge in [-0.1, -0.05) is 0 Å². The Labute approximate surface area is 112 Å². The van der Waals surface area contributed by atoms with Crippen LogP contribution in [-0.4, -0.2) is 75.4 Å². The maximum atomic E-state index is 5.93. The molecule has 2 saturated heterocycles. The lowest BCUT2D eigenvalue weighted by Gasteiger charge is -2.39. The van der Waals surface area contributed by atoms with Crippen molar-refractivity contribution in [2.45, 2.75) is 25.4 Å². The lowest BCUT2D eigenvalue weighted by atomic mass is 9.97. The first-order valence-corrected chi connectivity index (χ1v) is 7.29. The molecule has 0 atom stereocenters. The van der Waals surface area contributed by atoms with Crippen molar-refractivity contribution in [2.24, 2.45) is 5.92 Å². The highest BCUT2D eigenvalue weighted by molar-refractivity contribution is 4.90. The first-order valence-electron chi connectivity index (χ1n) is 7.29. The molecule has 0 radical (unpaired) electrons. The molecular weight excluding hydrogens is 226 g/mol. The van der Waals surface area contributed by atoms with E-state index in [1.807, 2.05) is 0 Å². The normalized spacial score (nSPS) is 25.3. The lowest BCUT2D eigenvalue weighted by Crippen LogP contribution is -2.59. The average molecular weight is 255 g/mol. The van der Waals surface area contributed by atoms with Crippen LogP contribution in [0.5, 0.6) is 0 Å². The first-order chi connectivity index (χ1) is 8.57. The minimum atomic E-state index is 0.106. The SMILES string of the molecule is CN1CCC(CN(C)CCOC2(C)CNC2)CC1. The molecule has 2 fully saturated rings. The average Bonchev–Trinajstić information content (AvgIpc) is 2.30. The van der Waals surface area contributed by atoms with Crippen LogP contribution in [0, 0.1) is 5.92 Å². The highest BCUT2D eigenvalue weighted by atomic mass is 16.5. The van der Waals surface area contributed by atoms with Gasteiger partial charge in [-0.3, -0.25) is 0 Å². The summed E-state index contributed by atoms with van der Waals surface area (Å²) in [4.78, 5) is 4.87. The Morgan fingerprint density at radius 2 is 2.00 bits per heavy atom. The lowest BCUT2D eigenvalue weighted by molar-refractivity contribution is -0.0716. The number of hydrogen-bond donors (Lipinski definition) is 1. The van der Waals surface area contributed by atoms with Crippen molar-refractivity contribution in [3.8, 4) is 0 Å². The third-order valence-corrected chi connectivity index (χ3v) is 4.33. The van der Waals surface area contributed by atoms with Crippen molar-refractivity contribution >= 4 is 0 Å². The second-order valence-corrected chi connectivity index (χ2v) is 6.41. The number of nitrogens with one attached hydrogen (secondary N) is 1.